The predicted octanol–water partition coefficient (Wildman–Crippen LogP) is 2.19. The molecule has 0 aliphatic carbocycles. The van der Waals surface area contributed by atoms with Crippen LogP contribution in [0.3, 0.4) is 0 Å². The zero-order chi connectivity index (χ0) is 11.8. The minimum atomic E-state index is -0.960. The molecule has 0 spiro atoms. The topological polar surface area (TPSA) is 46.5 Å². The van der Waals surface area contributed by atoms with Gasteiger partial charge in [0.2, 0.25) is 0 Å². The number of carbonyl (C=O) groups is 1. The van der Waals surface area contributed by atoms with Gasteiger partial charge < -0.3 is 9.84 Å². The molecule has 0 bridgehead atoms. The van der Waals surface area contributed by atoms with E-state index in [1.807, 2.05) is 0 Å². The molecule has 1 aromatic rings. The zero-order valence-electron chi connectivity index (χ0n) is 8.93. The Kier molecular flexibility index (Phi) is 4.68. The van der Waals surface area contributed by atoms with Crippen molar-refractivity contribution < 1.29 is 14.6 Å². The summed E-state index contributed by atoms with van der Waals surface area (Å²) in [6.07, 6.45) is 2.62. The standard InChI is InChI=1S/C13H12O3/c1-2-3-10-16-12-7-4-11(5-8-12)6-9-13(14)15/h4-9H,10H2,1H3,(H,14,15). The van der Waals surface area contributed by atoms with Gasteiger partial charge in [-0.2, -0.15) is 0 Å². The quantitative estimate of drug-likeness (QED) is 0.620. The molecule has 0 amide bonds. The van der Waals surface area contributed by atoms with E-state index in [0.29, 0.717) is 6.61 Å². The number of carboxylic acids is 1. The van der Waals surface area contributed by atoms with E-state index in [0.717, 1.165) is 17.4 Å². The molecule has 0 saturated heterocycles. The maximum atomic E-state index is 10.3. The molecular weight excluding hydrogens is 204 g/mol. The van der Waals surface area contributed by atoms with Crippen LogP contribution in [0.4, 0.5) is 0 Å². The van der Waals surface area contributed by atoms with Crippen molar-refractivity contribution in [2.45, 2.75) is 6.92 Å². The van der Waals surface area contributed by atoms with E-state index in [4.69, 9.17) is 9.84 Å². The van der Waals surface area contributed by atoms with E-state index in [-0.39, 0.29) is 0 Å². The van der Waals surface area contributed by atoms with Crippen LogP contribution in [-0.4, -0.2) is 17.7 Å². The van der Waals surface area contributed by atoms with E-state index >= 15 is 0 Å². The Bertz CT molecular complexity index is 432. The summed E-state index contributed by atoms with van der Waals surface area (Å²) in [5.74, 6) is 5.28. The average Bonchev–Trinajstić information content (AvgIpc) is 2.28. The molecule has 0 unspecified atom stereocenters. The second-order valence-corrected chi connectivity index (χ2v) is 2.96. The van der Waals surface area contributed by atoms with Gasteiger partial charge in [-0.05, 0) is 30.7 Å². The molecule has 3 nitrogen and oxygen atoms in total. The summed E-state index contributed by atoms with van der Waals surface area (Å²) in [5, 5.41) is 8.45. The molecule has 0 fully saturated rings. The first kappa shape index (κ1) is 11.9. The highest BCUT2D eigenvalue weighted by Crippen LogP contribution is 2.12. The summed E-state index contributed by atoms with van der Waals surface area (Å²) in [7, 11) is 0. The predicted molar refractivity (Wildman–Crippen MR) is 62.1 cm³/mol. The SMILES string of the molecule is CC#CCOc1ccc(C=CC(=O)O)cc1. The number of benzene rings is 1. The average molecular weight is 216 g/mol. The highest BCUT2D eigenvalue weighted by atomic mass is 16.5. The van der Waals surface area contributed by atoms with Crippen molar-refractivity contribution in [2.75, 3.05) is 6.61 Å². The number of carboxylic acid groups (broad SMARTS) is 1. The van der Waals surface area contributed by atoms with Gasteiger partial charge in [-0.3, -0.25) is 0 Å². The Balaban J connectivity index is 2.59. The van der Waals surface area contributed by atoms with Crippen molar-refractivity contribution >= 4 is 12.0 Å². The van der Waals surface area contributed by atoms with Crippen LogP contribution in [-0.2, 0) is 4.79 Å². The first-order valence-corrected chi connectivity index (χ1v) is 4.76. The Morgan fingerprint density at radius 1 is 1.44 bits per heavy atom. The van der Waals surface area contributed by atoms with Crippen molar-refractivity contribution in [3.63, 3.8) is 0 Å². The fraction of sp³-hybridized carbons (Fsp3) is 0.154. The molecule has 1 aromatic carbocycles. The third kappa shape index (κ3) is 4.34. The van der Waals surface area contributed by atoms with Gasteiger partial charge >= 0.3 is 5.97 Å². The van der Waals surface area contributed by atoms with Crippen LogP contribution >= 0.6 is 0 Å². The second-order valence-electron chi connectivity index (χ2n) is 2.96. The first-order chi connectivity index (χ1) is 7.72. The maximum absolute atomic E-state index is 10.3. The third-order valence-corrected chi connectivity index (χ3v) is 1.79. The number of rotatable bonds is 4. The molecule has 0 saturated carbocycles. The van der Waals surface area contributed by atoms with Crippen LogP contribution in [0.15, 0.2) is 30.3 Å². The third-order valence-electron chi connectivity index (χ3n) is 1.79. The lowest BCUT2D eigenvalue weighted by Gasteiger charge is -2.01. The molecule has 0 aliphatic heterocycles. The van der Waals surface area contributed by atoms with Crippen molar-refractivity contribution in [3.05, 3.63) is 35.9 Å². The lowest BCUT2D eigenvalue weighted by Crippen LogP contribution is -1.93. The van der Waals surface area contributed by atoms with Gasteiger partial charge in [0.05, 0.1) is 0 Å². The number of hydrogen-bond donors (Lipinski definition) is 1. The van der Waals surface area contributed by atoms with Gasteiger partial charge in [0.25, 0.3) is 0 Å². The molecular formula is C13H12O3. The Labute approximate surface area is 94.4 Å². The Morgan fingerprint density at radius 3 is 2.69 bits per heavy atom. The largest absolute Gasteiger partial charge is 0.481 e. The Morgan fingerprint density at radius 2 is 2.12 bits per heavy atom. The highest BCUT2D eigenvalue weighted by Gasteiger charge is 1.92. The second kappa shape index (κ2) is 6.31. The molecule has 0 aliphatic rings. The molecule has 0 radical (unpaired) electrons. The number of ether oxygens (including phenoxy) is 1. The van der Waals surface area contributed by atoms with Gasteiger partial charge in [-0.15, -0.1) is 5.92 Å². The van der Waals surface area contributed by atoms with Crippen molar-refractivity contribution in [1.82, 2.24) is 0 Å². The molecule has 16 heavy (non-hydrogen) atoms. The van der Waals surface area contributed by atoms with Crippen molar-refractivity contribution in [1.29, 1.82) is 0 Å². The summed E-state index contributed by atoms with van der Waals surface area (Å²) in [6, 6.07) is 7.13. The zero-order valence-corrected chi connectivity index (χ0v) is 8.93. The van der Waals surface area contributed by atoms with E-state index < -0.39 is 5.97 Å². The van der Waals surface area contributed by atoms with Gasteiger partial charge in [-0.25, -0.2) is 4.79 Å². The van der Waals surface area contributed by atoms with Gasteiger partial charge in [0.15, 0.2) is 0 Å². The summed E-state index contributed by atoms with van der Waals surface area (Å²) in [6.45, 7) is 2.12. The summed E-state index contributed by atoms with van der Waals surface area (Å²) in [5.41, 5.74) is 0.816. The van der Waals surface area contributed by atoms with Gasteiger partial charge in [0.1, 0.15) is 12.4 Å². The van der Waals surface area contributed by atoms with Crippen LogP contribution in [0.1, 0.15) is 12.5 Å². The number of hydrogen-bond acceptors (Lipinski definition) is 2. The first-order valence-electron chi connectivity index (χ1n) is 4.76. The lowest BCUT2D eigenvalue weighted by molar-refractivity contribution is -0.131. The van der Waals surface area contributed by atoms with Gasteiger partial charge in [0, 0.05) is 6.08 Å². The van der Waals surface area contributed by atoms with Crippen LogP contribution in [0, 0.1) is 11.8 Å². The summed E-state index contributed by atoms with van der Waals surface area (Å²) in [4.78, 5) is 10.3. The minimum absolute atomic E-state index is 0.362. The van der Waals surface area contributed by atoms with Crippen molar-refractivity contribution in [3.8, 4) is 17.6 Å². The summed E-state index contributed by atoms with van der Waals surface area (Å²) >= 11 is 0. The van der Waals surface area contributed by atoms with Crippen molar-refractivity contribution in [2.24, 2.45) is 0 Å². The van der Waals surface area contributed by atoms with E-state index in [9.17, 15) is 4.79 Å². The molecule has 0 atom stereocenters. The maximum Gasteiger partial charge on any atom is 0.328 e. The fourth-order valence-corrected chi connectivity index (χ4v) is 1.03. The van der Waals surface area contributed by atoms with E-state index in [2.05, 4.69) is 11.8 Å². The molecule has 0 heterocycles. The van der Waals surface area contributed by atoms with Crippen LogP contribution in [0.5, 0.6) is 5.75 Å². The van der Waals surface area contributed by atoms with Crippen LogP contribution < -0.4 is 4.74 Å². The molecule has 82 valence electrons. The number of aliphatic carboxylic acids is 1. The minimum Gasteiger partial charge on any atom is -0.481 e. The summed E-state index contributed by atoms with van der Waals surface area (Å²) < 4.78 is 5.31. The molecule has 1 rings (SSSR count). The van der Waals surface area contributed by atoms with E-state index in [1.54, 1.807) is 31.2 Å². The molecule has 0 aromatic heterocycles. The fourth-order valence-electron chi connectivity index (χ4n) is 1.03. The highest BCUT2D eigenvalue weighted by molar-refractivity contribution is 5.85. The van der Waals surface area contributed by atoms with E-state index in [1.165, 1.54) is 6.08 Å². The smallest absolute Gasteiger partial charge is 0.328 e. The lowest BCUT2D eigenvalue weighted by atomic mass is 10.2. The monoisotopic (exact) mass is 216 g/mol. The van der Waals surface area contributed by atoms with Crippen LogP contribution in [0.2, 0.25) is 0 Å². The normalized spacial score (nSPS) is 9.56. The van der Waals surface area contributed by atoms with Gasteiger partial charge in [-0.1, -0.05) is 18.1 Å². The molecule has 3 heteroatoms. The molecule has 1 N–H and O–H groups in total. The Hall–Kier alpha value is -2.21. The van der Waals surface area contributed by atoms with Crippen LogP contribution in [0.25, 0.3) is 6.08 Å².